The largest absolute Gasteiger partial charge is 0.397 e. The minimum absolute atomic E-state index is 0.00687. The Hall–Kier alpha value is -4.96. The fourth-order valence-corrected chi connectivity index (χ4v) is 5.79. The number of carbonyl (C=O) groups is 2. The number of imidazole rings is 1. The Balaban J connectivity index is 1.07. The van der Waals surface area contributed by atoms with Gasteiger partial charge in [-0.3, -0.25) is 24.4 Å². The molecule has 10 nitrogen and oxygen atoms in total. The van der Waals surface area contributed by atoms with Gasteiger partial charge >= 0.3 is 0 Å². The third kappa shape index (κ3) is 4.72. The van der Waals surface area contributed by atoms with Crippen LogP contribution < -0.4 is 11.1 Å². The Bertz CT molecular complexity index is 1690. The fourth-order valence-electron chi connectivity index (χ4n) is 5.79. The predicted molar refractivity (Wildman–Crippen MR) is 158 cm³/mol. The molecule has 4 N–H and O–H groups in total. The molecule has 2 amide bonds. The van der Waals surface area contributed by atoms with E-state index in [0.29, 0.717) is 43.1 Å². The molecule has 0 radical (unpaired) electrons. The molecule has 0 fully saturated rings. The number of fused-ring (bicyclic) bond motifs is 3. The zero-order valence-electron chi connectivity index (χ0n) is 22.5. The molecule has 0 bridgehead atoms. The van der Waals surface area contributed by atoms with Gasteiger partial charge in [0, 0.05) is 37.3 Å². The maximum Gasteiger partial charge on any atom is 0.259 e. The van der Waals surface area contributed by atoms with Crippen molar-refractivity contribution >= 4 is 40.2 Å². The second-order valence-electron chi connectivity index (χ2n) is 10.5. The Kier molecular flexibility index (Phi) is 6.24. The highest BCUT2D eigenvalue weighted by Gasteiger charge is 2.41. The van der Waals surface area contributed by atoms with Crippen molar-refractivity contribution in [2.24, 2.45) is 4.99 Å². The molecule has 41 heavy (non-hydrogen) atoms. The summed E-state index contributed by atoms with van der Waals surface area (Å²) in [5.74, 6) is 1.38. The SMILES string of the molecule is Nc1ccccc1NC(=O)c1ccc(CN2C(=O)C3=C(CCN(Cc4nc5ccccc5[nH]4)C3)N3CCN=C23)cc1. The number of aliphatic imine (C=N–C) groups is 1. The molecule has 3 aliphatic rings. The average Bonchev–Trinajstić information content (AvgIpc) is 3.64. The normalized spacial score (nSPS) is 17.1. The van der Waals surface area contributed by atoms with Crippen LogP contribution in [-0.2, 0) is 17.9 Å². The summed E-state index contributed by atoms with van der Waals surface area (Å²) in [6.45, 7) is 3.89. The first-order valence-electron chi connectivity index (χ1n) is 13.8. The number of para-hydroxylation sites is 4. The molecule has 0 atom stereocenters. The van der Waals surface area contributed by atoms with Crippen LogP contribution in [0, 0.1) is 0 Å². The van der Waals surface area contributed by atoms with Gasteiger partial charge in [-0.25, -0.2) is 4.98 Å². The summed E-state index contributed by atoms with van der Waals surface area (Å²) in [6, 6.07) is 22.5. The van der Waals surface area contributed by atoms with E-state index in [1.54, 1.807) is 29.2 Å². The maximum atomic E-state index is 13.9. The van der Waals surface area contributed by atoms with Crippen LogP contribution in [0.1, 0.15) is 28.2 Å². The van der Waals surface area contributed by atoms with Crippen molar-refractivity contribution in [1.82, 2.24) is 24.7 Å². The fraction of sp³-hybridized carbons (Fsp3) is 0.226. The lowest BCUT2D eigenvalue weighted by molar-refractivity contribution is -0.125. The van der Waals surface area contributed by atoms with Crippen LogP contribution in [-0.4, -0.2) is 68.6 Å². The number of rotatable bonds is 6. The molecule has 3 aromatic carbocycles. The van der Waals surface area contributed by atoms with E-state index < -0.39 is 0 Å². The summed E-state index contributed by atoms with van der Waals surface area (Å²) < 4.78 is 0. The monoisotopic (exact) mass is 546 g/mol. The molecule has 0 saturated heterocycles. The number of anilines is 2. The average molecular weight is 547 g/mol. The summed E-state index contributed by atoms with van der Waals surface area (Å²) in [5.41, 5.74) is 12.4. The number of guanidine groups is 1. The molecule has 0 saturated carbocycles. The first-order valence-corrected chi connectivity index (χ1v) is 13.8. The predicted octanol–water partition coefficient (Wildman–Crippen LogP) is 3.57. The van der Waals surface area contributed by atoms with Crippen molar-refractivity contribution in [3.05, 3.63) is 101 Å². The van der Waals surface area contributed by atoms with Gasteiger partial charge in [-0.2, -0.15) is 0 Å². The zero-order valence-corrected chi connectivity index (χ0v) is 22.5. The van der Waals surface area contributed by atoms with Crippen LogP contribution in [0.4, 0.5) is 11.4 Å². The molecule has 1 aromatic heterocycles. The number of amides is 2. The molecule has 4 aromatic rings. The zero-order chi connectivity index (χ0) is 27.9. The van der Waals surface area contributed by atoms with Gasteiger partial charge in [0.05, 0.1) is 47.6 Å². The highest BCUT2D eigenvalue weighted by atomic mass is 16.2. The number of carbonyl (C=O) groups excluding carboxylic acids is 2. The van der Waals surface area contributed by atoms with Crippen LogP contribution in [0.5, 0.6) is 0 Å². The van der Waals surface area contributed by atoms with Crippen molar-refractivity contribution in [3.63, 3.8) is 0 Å². The number of nitrogens with two attached hydrogens (primary N) is 1. The molecule has 4 heterocycles. The highest BCUT2D eigenvalue weighted by Crippen LogP contribution is 2.32. The van der Waals surface area contributed by atoms with E-state index in [4.69, 9.17) is 15.7 Å². The van der Waals surface area contributed by atoms with Gasteiger partial charge in [0.15, 0.2) is 0 Å². The number of nitrogen functional groups attached to an aromatic ring is 1. The summed E-state index contributed by atoms with van der Waals surface area (Å²) in [6.07, 6.45) is 0.796. The number of hydrogen-bond donors (Lipinski definition) is 3. The minimum Gasteiger partial charge on any atom is -0.397 e. The minimum atomic E-state index is -0.239. The highest BCUT2D eigenvalue weighted by molar-refractivity contribution is 6.10. The lowest BCUT2D eigenvalue weighted by atomic mass is 10.0. The first kappa shape index (κ1) is 25.0. The summed E-state index contributed by atoms with van der Waals surface area (Å²) in [7, 11) is 0. The van der Waals surface area contributed by atoms with Gasteiger partial charge in [-0.15, -0.1) is 0 Å². The smallest absolute Gasteiger partial charge is 0.259 e. The van der Waals surface area contributed by atoms with E-state index in [9.17, 15) is 9.59 Å². The first-order chi connectivity index (χ1) is 20.0. The molecule has 206 valence electrons. The van der Waals surface area contributed by atoms with Crippen molar-refractivity contribution in [1.29, 1.82) is 0 Å². The van der Waals surface area contributed by atoms with E-state index in [-0.39, 0.29) is 11.8 Å². The lowest BCUT2D eigenvalue weighted by Gasteiger charge is -2.42. The van der Waals surface area contributed by atoms with Crippen LogP contribution in [0.3, 0.4) is 0 Å². The van der Waals surface area contributed by atoms with E-state index >= 15 is 0 Å². The summed E-state index contributed by atoms with van der Waals surface area (Å²) in [4.78, 5) is 45.7. The van der Waals surface area contributed by atoms with Gasteiger partial charge in [0.2, 0.25) is 5.96 Å². The molecule has 0 unspecified atom stereocenters. The van der Waals surface area contributed by atoms with Gasteiger partial charge < -0.3 is 20.9 Å². The van der Waals surface area contributed by atoms with E-state index in [2.05, 4.69) is 20.1 Å². The topological polar surface area (TPSA) is 123 Å². The van der Waals surface area contributed by atoms with Crippen LogP contribution in [0.15, 0.2) is 89.1 Å². The quantitative estimate of drug-likeness (QED) is 0.318. The Morgan fingerprint density at radius 2 is 1.78 bits per heavy atom. The van der Waals surface area contributed by atoms with Crippen LogP contribution in [0.2, 0.25) is 0 Å². The maximum absolute atomic E-state index is 13.9. The third-order valence-electron chi connectivity index (χ3n) is 7.86. The molecule has 3 aliphatic heterocycles. The number of H-pyrrole nitrogens is 1. The second kappa shape index (κ2) is 10.2. The molecular formula is C31H30N8O2. The number of aromatic amines is 1. The van der Waals surface area contributed by atoms with Crippen molar-refractivity contribution in [3.8, 4) is 0 Å². The molecule has 10 heteroatoms. The molecular weight excluding hydrogens is 516 g/mol. The Morgan fingerprint density at radius 3 is 2.61 bits per heavy atom. The summed E-state index contributed by atoms with van der Waals surface area (Å²) >= 11 is 0. The third-order valence-corrected chi connectivity index (χ3v) is 7.86. The Morgan fingerprint density at radius 1 is 0.976 bits per heavy atom. The number of aromatic nitrogens is 2. The lowest BCUT2D eigenvalue weighted by Crippen LogP contribution is -2.53. The van der Waals surface area contributed by atoms with Crippen molar-refractivity contribution in [2.75, 3.05) is 37.2 Å². The number of nitrogens with one attached hydrogen (secondary N) is 2. The summed E-state index contributed by atoms with van der Waals surface area (Å²) in [5, 5.41) is 2.85. The second-order valence-corrected chi connectivity index (χ2v) is 10.5. The van der Waals surface area contributed by atoms with E-state index in [0.717, 1.165) is 59.2 Å². The van der Waals surface area contributed by atoms with E-state index in [1.165, 1.54) is 0 Å². The molecule has 0 spiro atoms. The number of benzene rings is 3. The van der Waals surface area contributed by atoms with E-state index in [1.807, 2.05) is 48.5 Å². The molecule has 0 aliphatic carbocycles. The number of hydrogen-bond acceptors (Lipinski definition) is 7. The molecule has 7 rings (SSSR count). The number of nitrogens with zero attached hydrogens (tertiary/aromatic N) is 5. The van der Waals surface area contributed by atoms with Crippen molar-refractivity contribution < 1.29 is 9.59 Å². The van der Waals surface area contributed by atoms with Crippen molar-refractivity contribution in [2.45, 2.75) is 19.5 Å². The van der Waals surface area contributed by atoms with Gasteiger partial charge in [-0.05, 0) is 42.0 Å². The Labute approximate surface area is 237 Å². The van der Waals surface area contributed by atoms with Crippen LogP contribution in [0.25, 0.3) is 11.0 Å². The van der Waals surface area contributed by atoms with Crippen LogP contribution >= 0.6 is 0 Å². The van der Waals surface area contributed by atoms with Gasteiger partial charge in [0.1, 0.15) is 5.82 Å². The van der Waals surface area contributed by atoms with Gasteiger partial charge in [0.25, 0.3) is 11.8 Å². The van der Waals surface area contributed by atoms with Gasteiger partial charge in [-0.1, -0.05) is 36.4 Å². The standard InChI is InChI=1S/C31H30N8O2/c32-23-5-1-2-6-24(23)36-29(40)21-11-9-20(10-12-21)17-39-30(41)22-18-37(15-13-27(22)38-16-14-33-31(38)39)19-28-34-25-7-3-4-8-26(25)35-28/h1-12H,13-19,32H2,(H,34,35)(H,36,40).